The van der Waals surface area contributed by atoms with E-state index in [1.54, 1.807) is 0 Å². The van der Waals surface area contributed by atoms with Crippen LogP contribution in [-0.4, -0.2) is 0 Å². The molecule has 0 heterocycles. The largest absolute Gasteiger partial charge is 2.00 e. The fourth-order valence-corrected chi connectivity index (χ4v) is 4.78. The van der Waals surface area contributed by atoms with E-state index in [1.165, 1.54) is 38.6 Å². The van der Waals surface area contributed by atoms with Crippen molar-refractivity contribution in [1.29, 1.82) is 0 Å². The van der Waals surface area contributed by atoms with E-state index < -0.39 is 0 Å². The van der Waals surface area contributed by atoms with Gasteiger partial charge < -0.3 is 24.8 Å². The summed E-state index contributed by atoms with van der Waals surface area (Å²) in [7, 11) is 0. The van der Waals surface area contributed by atoms with Gasteiger partial charge in [0.1, 0.15) is 0 Å². The molecule has 1 unspecified atom stereocenters. The van der Waals surface area contributed by atoms with Gasteiger partial charge in [0.25, 0.3) is 0 Å². The Morgan fingerprint density at radius 3 is 2.11 bits per heavy atom. The average molecular weight is 485 g/mol. The van der Waals surface area contributed by atoms with Crippen molar-refractivity contribution >= 4 is 10.8 Å². The molecule has 2 aliphatic rings. The molecule has 28 heavy (non-hydrogen) atoms. The molecular weight excluding hydrogens is 462 g/mol. The normalized spacial score (nSPS) is 16.4. The van der Waals surface area contributed by atoms with Gasteiger partial charge in [-0.05, 0) is 57.0 Å². The van der Waals surface area contributed by atoms with E-state index in [0.717, 1.165) is 6.42 Å². The summed E-state index contributed by atoms with van der Waals surface area (Å²) in [6, 6.07) is 22.5. The first-order chi connectivity index (χ1) is 12.2. The van der Waals surface area contributed by atoms with Crippen molar-refractivity contribution in [2.24, 2.45) is 5.41 Å². The van der Waals surface area contributed by atoms with Crippen LogP contribution in [0.4, 0.5) is 0 Å². The zero-order valence-corrected chi connectivity index (χ0v) is 20.0. The maximum absolute atomic E-state index is 2.43. The molecule has 0 amide bonds. The summed E-state index contributed by atoms with van der Waals surface area (Å²) in [5, 5.41) is 2.67. The van der Waals surface area contributed by atoms with Crippen molar-refractivity contribution in [1.82, 2.24) is 0 Å². The molecule has 3 aromatic carbocycles. The molecule has 3 aromatic rings. The number of benzene rings is 3. The van der Waals surface area contributed by atoms with Crippen LogP contribution in [0.15, 0.2) is 84.5 Å². The van der Waals surface area contributed by atoms with Gasteiger partial charge in [-0.25, -0.2) is 0 Å². The predicted octanol–water partition coefficient (Wildman–Crippen LogP) is 0.870. The maximum atomic E-state index is 2.43. The number of halogens is 2. The fraction of sp³-hybridized carbons (Fsp3) is 0.200. The van der Waals surface area contributed by atoms with Gasteiger partial charge in [0.2, 0.25) is 0 Å². The molecule has 1 atom stereocenters. The third-order valence-electron chi connectivity index (χ3n) is 6.11. The van der Waals surface area contributed by atoms with Gasteiger partial charge in [0, 0.05) is 5.92 Å². The monoisotopic (exact) mass is 482 g/mol. The first-order valence-electron chi connectivity index (χ1n) is 9.14. The molecule has 0 radical (unpaired) electrons. The molecule has 0 saturated heterocycles. The van der Waals surface area contributed by atoms with Gasteiger partial charge >= 0.3 is 26.2 Å². The van der Waals surface area contributed by atoms with Crippen LogP contribution in [0.5, 0.6) is 0 Å². The molecule has 0 nitrogen and oxygen atoms in total. The summed E-state index contributed by atoms with van der Waals surface area (Å²) in [5.41, 5.74) is 7.43. The molecule has 0 bridgehead atoms. The Hall–Kier alpha value is -1.14. The molecule has 2 aliphatic carbocycles. The van der Waals surface area contributed by atoms with Crippen LogP contribution < -0.4 is 24.8 Å². The minimum absolute atomic E-state index is 0. The Labute approximate surface area is 199 Å². The molecule has 140 valence electrons. The quantitative estimate of drug-likeness (QED) is 0.507. The second-order valence-corrected chi connectivity index (χ2v) is 7.85. The predicted molar refractivity (Wildman–Crippen MR) is 107 cm³/mol. The molecule has 5 rings (SSSR count). The standard InChI is InChI=1S/C25H22.2ClH.Zr/c1-25(2,19-11-5-6-12-19)24-21-14-8-7-13-20(21)22-15-17-9-3-4-10-18(17)16-23(22)24;;;/h3-11,13-16,24H,12H2,1-2H3;2*1H;/q;;;+2/p-2. The molecule has 0 N–H and O–H groups in total. The van der Waals surface area contributed by atoms with Crippen LogP contribution in [0, 0.1) is 5.41 Å². The summed E-state index contributed by atoms with van der Waals surface area (Å²) >= 11 is 0. The van der Waals surface area contributed by atoms with Crippen LogP contribution in [0.3, 0.4) is 0 Å². The van der Waals surface area contributed by atoms with Gasteiger partial charge in [-0.15, -0.1) is 0 Å². The van der Waals surface area contributed by atoms with Gasteiger partial charge in [-0.1, -0.05) is 86.2 Å². The Morgan fingerprint density at radius 2 is 1.43 bits per heavy atom. The molecular formula is C25H22Cl2Zr. The average Bonchev–Trinajstić information content (AvgIpc) is 3.27. The molecule has 3 heteroatoms. The second-order valence-electron chi connectivity index (χ2n) is 7.85. The Morgan fingerprint density at radius 1 is 0.786 bits per heavy atom. The summed E-state index contributed by atoms with van der Waals surface area (Å²) in [5.74, 6) is 0.412. The zero-order chi connectivity index (χ0) is 17.0. The van der Waals surface area contributed by atoms with E-state index in [-0.39, 0.29) is 56.4 Å². The van der Waals surface area contributed by atoms with E-state index >= 15 is 0 Å². The van der Waals surface area contributed by atoms with Crippen LogP contribution in [0.2, 0.25) is 0 Å². The van der Waals surface area contributed by atoms with Crippen molar-refractivity contribution in [2.45, 2.75) is 26.2 Å². The van der Waals surface area contributed by atoms with Crippen LogP contribution in [0.1, 0.15) is 37.3 Å². The second kappa shape index (κ2) is 8.70. The van der Waals surface area contributed by atoms with E-state index in [4.69, 9.17) is 0 Å². The van der Waals surface area contributed by atoms with Gasteiger partial charge in [-0.2, -0.15) is 0 Å². The minimum atomic E-state index is 0. The summed E-state index contributed by atoms with van der Waals surface area (Å²) in [4.78, 5) is 0. The molecule has 0 spiro atoms. The van der Waals surface area contributed by atoms with Crippen LogP contribution >= 0.6 is 0 Å². The Bertz CT molecular complexity index is 1060. The Balaban J connectivity index is 0.000000934. The number of allylic oxidation sites excluding steroid dienone is 4. The minimum Gasteiger partial charge on any atom is -1.00 e. The van der Waals surface area contributed by atoms with Crippen molar-refractivity contribution < 1.29 is 51.0 Å². The summed E-state index contributed by atoms with van der Waals surface area (Å²) in [6.45, 7) is 4.83. The van der Waals surface area contributed by atoms with Crippen LogP contribution in [-0.2, 0) is 26.2 Å². The number of fused-ring (bicyclic) bond motifs is 4. The maximum Gasteiger partial charge on any atom is 2.00 e. The SMILES string of the molecule is CC(C)(C1=CC=CC1)C1c2ccccc2-c2cc3ccccc3cc21.[Cl-].[Cl-].[Zr+2]. The van der Waals surface area contributed by atoms with Crippen molar-refractivity contribution in [3.63, 3.8) is 0 Å². The van der Waals surface area contributed by atoms with Crippen molar-refractivity contribution in [3.8, 4) is 11.1 Å². The van der Waals surface area contributed by atoms with Gasteiger partial charge in [-0.3, -0.25) is 0 Å². The van der Waals surface area contributed by atoms with Crippen molar-refractivity contribution in [3.05, 3.63) is 95.6 Å². The van der Waals surface area contributed by atoms with Gasteiger partial charge in [0.15, 0.2) is 0 Å². The molecule has 0 fully saturated rings. The van der Waals surface area contributed by atoms with Crippen LogP contribution in [0.25, 0.3) is 21.9 Å². The van der Waals surface area contributed by atoms with Gasteiger partial charge in [0.05, 0.1) is 0 Å². The fourth-order valence-electron chi connectivity index (χ4n) is 4.78. The van der Waals surface area contributed by atoms with Crippen molar-refractivity contribution in [2.75, 3.05) is 0 Å². The first kappa shape index (κ1) is 23.1. The third kappa shape index (κ3) is 3.47. The van der Waals surface area contributed by atoms with E-state index in [1.807, 2.05) is 0 Å². The smallest absolute Gasteiger partial charge is 1.00 e. The first-order valence-corrected chi connectivity index (χ1v) is 9.14. The van der Waals surface area contributed by atoms with E-state index in [9.17, 15) is 0 Å². The molecule has 0 aromatic heterocycles. The topological polar surface area (TPSA) is 0 Å². The molecule has 0 aliphatic heterocycles. The Kier molecular flexibility index (Phi) is 7.19. The zero-order valence-electron chi connectivity index (χ0n) is 16.0. The molecule has 0 saturated carbocycles. The number of rotatable bonds is 2. The number of hydrogen-bond acceptors (Lipinski definition) is 0. The van der Waals surface area contributed by atoms with E-state index in [2.05, 4.69) is 92.7 Å². The summed E-state index contributed by atoms with van der Waals surface area (Å²) < 4.78 is 0. The number of hydrogen-bond donors (Lipinski definition) is 0. The third-order valence-corrected chi connectivity index (χ3v) is 6.11. The summed E-state index contributed by atoms with van der Waals surface area (Å²) in [6.07, 6.45) is 7.88. The van der Waals surface area contributed by atoms with E-state index in [0.29, 0.717) is 5.92 Å².